The second-order valence-electron chi connectivity index (χ2n) is 4.13. The van der Waals surface area contributed by atoms with Crippen LogP contribution in [0, 0.1) is 0 Å². The summed E-state index contributed by atoms with van der Waals surface area (Å²) < 4.78 is 8.09. The summed E-state index contributed by atoms with van der Waals surface area (Å²) in [6.45, 7) is 0. The molecule has 0 amide bonds. The van der Waals surface area contributed by atoms with Crippen molar-refractivity contribution in [2.24, 2.45) is 0 Å². The fourth-order valence-corrected chi connectivity index (χ4v) is 3.29. The van der Waals surface area contributed by atoms with E-state index in [1.165, 1.54) is 5.56 Å². The molecular formula is C15H12INOS. The van der Waals surface area contributed by atoms with E-state index in [9.17, 15) is 0 Å². The molecule has 0 saturated heterocycles. The molecule has 0 aliphatic carbocycles. The van der Waals surface area contributed by atoms with Crippen LogP contribution < -0.4 is 4.74 Å². The van der Waals surface area contributed by atoms with Crippen LogP contribution in [-0.4, -0.2) is 9.41 Å². The molecule has 96 valence electrons. The summed E-state index contributed by atoms with van der Waals surface area (Å²) in [6, 6.07) is 16.3. The molecule has 0 aliphatic heterocycles. The number of ether oxygens (including phenoxy) is 1. The number of para-hydroxylation sites is 1. The van der Waals surface area contributed by atoms with E-state index >= 15 is 0 Å². The highest BCUT2D eigenvalue weighted by atomic mass is 127. The van der Waals surface area contributed by atoms with E-state index in [2.05, 4.69) is 45.8 Å². The maximum absolute atomic E-state index is 5.80. The molecule has 0 atom stereocenters. The first kappa shape index (κ1) is 12.9. The van der Waals surface area contributed by atoms with Crippen LogP contribution >= 0.6 is 33.9 Å². The summed E-state index contributed by atoms with van der Waals surface area (Å²) >= 11 is 3.96. The van der Waals surface area contributed by atoms with Crippen molar-refractivity contribution >= 4 is 44.1 Å². The summed E-state index contributed by atoms with van der Waals surface area (Å²) in [6.07, 6.45) is 1.10. The molecule has 1 aromatic heterocycles. The van der Waals surface area contributed by atoms with Crippen molar-refractivity contribution in [3.8, 4) is 10.9 Å². The molecule has 4 heteroatoms. The summed E-state index contributed by atoms with van der Waals surface area (Å²) in [4.78, 5) is 4.46. The maximum Gasteiger partial charge on any atom is 0.279 e. The minimum atomic E-state index is 0.697. The monoisotopic (exact) mass is 381 g/mol. The van der Waals surface area contributed by atoms with Gasteiger partial charge in [-0.3, -0.25) is 0 Å². The summed E-state index contributed by atoms with van der Waals surface area (Å²) in [5, 5.41) is 0.697. The van der Waals surface area contributed by atoms with Gasteiger partial charge in [0.1, 0.15) is 5.75 Å². The zero-order valence-corrected chi connectivity index (χ0v) is 13.1. The SMILES string of the molecule is ICCc1ccc(Oc2nc3ccccc3s2)cc1. The third-order valence-corrected chi connectivity index (χ3v) is 4.24. The van der Waals surface area contributed by atoms with Gasteiger partial charge in [-0.15, -0.1) is 0 Å². The highest BCUT2D eigenvalue weighted by Gasteiger charge is 2.05. The van der Waals surface area contributed by atoms with Crippen molar-refractivity contribution in [1.29, 1.82) is 0 Å². The molecule has 2 aromatic carbocycles. The zero-order chi connectivity index (χ0) is 13.1. The Morgan fingerprint density at radius 1 is 1.05 bits per heavy atom. The van der Waals surface area contributed by atoms with Crippen molar-refractivity contribution < 1.29 is 4.74 Å². The summed E-state index contributed by atoms with van der Waals surface area (Å²) in [7, 11) is 0. The smallest absolute Gasteiger partial charge is 0.279 e. The van der Waals surface area contributed by atoms with Gasteiger partial charge in [-0.1, -0.05) is 58.2 Å². The predicted octanol–water partition coefficient (Wildman–Crippen LogP) is 5.07. The number of nitrogens with zero attached hydrogens (tertiary/aromatic N) is 1. The number of thiazole rings is 1. The van der Waals surface area contributed by atoms with Gasteiger partial charge in [-0.25, -0.2) is 4.98 Å². The molecule has 0 saturated carbocycles. The molecule has 0 bridgehead atoms. The minimum Gasteiger partial charge on any atom is -0.431 e. The van der Waals surface area contributed by atoms with Crippen LogP contribution in [0.2, 0.25) is 0 Å². The van der Waals surface area contributed by atoms with E-state index in [1.807, 2.05) is 30.3 Å². The van der Waals surface area contributed by atoms with Gasteiger partial charge in [0.2, 0.25) is 0 Å². The van der Waals surface area contributed by atoms with Crippen molar-refractivity contribution in [3.63, 3.8) is 0 Å². The van der Waals surface area contributed by atoms with E-state index in [0.29, 0.717) is 5.19 Å². The van der Waals surface area contributed by atoms with Gasteiger partial charge in [0.15, 0.2) is 0 Å². The highest BCUT2D eigenvalue weighted by molar-refractivity contribution is 14.1. The molecule has 0 fully saturated rings. The number of fused-ring (bicyclic) bond motifs is 1. The quantitative estimate of drug-likeness (QED) is 0.465. The third-order valence-electron chi connectivity index (χ3n) is 2.79. The van der Waals surface area contributed by atoms with Gasteiger partial charge < -0.3 is 4.74 Å². The third kappa shape index (κ3) is 3.06. The second kappa shape index (κ2) is 5.88. The lowest BCUT2D eigenvalue weighted by Gasteiger charge is -2.02. The minimum absolute atomic E-state index is 0.697. The number of rotatable bonds is 4. The largest absolute Gasteiger partial charge is 0.431 e. The molecule has 0 unspecified atom stereocenters. The van der Waals surface area contributed by atoms with E-state index in [4.69, 9.17) is 4.74 Å². The van der Waals surface area contributed by atoms with Crippen LogP contribution in [0.5, 0.6) is 10.9 Å². The van der Waals surface area contributed by atoms with Crippen LogP contribution in [-0.2, 0) is 6.42 Å². The standard InChI is InChI=1S/C15H12INOS/c16-10-9-11-5-7-12(8-6-11)18-15-17-13-3-1-2-4-14(13)19-15/h1-8H,9-10H2. The molecule has 19 heavy (non-hydrogen) atoms. The van der Waals surface area contributed by atoms with Crippen molar-refractivity contribution in [2.75, 3.05) is 4.43 Å². The van der Waals surface area contributed by atoms with Crippen molar-refractivity contribution in [2.45, 2.75) is 6.42 Å². The number of aryl methyl sites for hydroxylation is 1. The number of halogens is 1. The van der Waals surface area contributed by atoms with Crippen LogP contribution in [0.15, 0.2) is 48.5 Å². The van der Waals surface area contributed by atoms with E-state index in [-0.39, 0.29) is 0 Å². The molecule has 1 heterocycles. The molecule has 0 N–H and O–H groups in total. The Balaban J connectivity index is 1.80. The Kier molecular flexibility index (Phi) is 3.98. The van der Waals surface area contributed by atoms with Gasteiger partial charge in [0.05, 0.1) is 10.2 Å². The van der Waals surface area contributed by atoms with Crippen LogP contribution in [0.1, 0.15) is 5.56 Å². The Morgan fingerprint density at radius 3 is 2.58 bits per heavy atom. The molecule has 2 nitrogen and oxygen atoms in total. The lowest BCUT2D eigenvalue weighted by Crippen LogP contribution is -1.87. The van der Waals surface area contributed by atoms with Gasteiger partial charge >= 0.3 is 0 Å². The van der Waals surface area contributed by atoms with Crippen LogP contribution in [0.25, 0.3) is 10.2 Å². The van der Waals surface area contributed by atoms with Crippen LogP contribution in [0.4, 0.5) is 0 Å². The van der Waals surface area contributed by atoms with Crippen molar-refractivity contribution in [3.05, 3.63) is 54.1 Å². The summed E-state index contributed by atoms with van der Waals surface area (Å²) in [5.41, 5.74) is 2.33. The topological polar surface area (TPSA) is 22.1 Å². The first-order valence-corrected chi connectivity index (χ1v) is 8.38. The first-order chi connectivity index (χ1) is 9.35. The molecule has 0 spiro atoms. The lowest BCUT2D eigenvalue weighted by atomic mass is 10.2. The van der Waals surface area contributed by atoms with Gasteiger partial charge in [-0.05, 0) is 36.2 Å². The Hall–Kier alpha value is -1.14. The fourth-order valence-electron chi connectivity index (χ4n) is 1.83. The zero-order valence-electron chi connectivity index (χ0n) is 10.2. The van der Waals surface area contributed by atoms with Crippen molar-refractivity contribution in [1.82, 2.24) is 4.98 Å². The number of hydrogen-bond donors (Lipinski definition) is 0. The van der Waals surface area contributed by atoms with Gasteiger partial charge in [0, 0.05) is 4.43 Å². The van der Waals surface area contributed by atoms with Gasteiger partial charge in [-0.2, -0.15) is 0 Å². The molecule has 3 rings (SSSR count). The first-order valence-electron chi connectivity index (χ1n) is 6.03. The maximum atomic E-state index is 5.80. The molecular weight excluding hydrogens is 369 g/mol. The number of aromatic nitrogens is 1. The fraction of sp³-hybridized carbons (Fsp3) is 0.133. The second-order valence-corrected chi connectivity index (χ2v) is 6.20. The lowest BCUT2D eigenvalue weighted by molar-refractivity contribution is 0.480. The predicted molar refractivity (Wildman–Crippen MR) is 88.7 cm³/mol. The Labute approximate surface area is 129 Å². The average Bonchev–Trinajstić information content (AvgIpc) is 2.83. The molecule has 3 aromatic rings. The average molecular weight is 381 g/mol. The molecule has 0 aliphatic rings. The number of benzene rings is 2. The number of hydrogen-bond acceptors (Lipinski definition) is 3. The van der Waals surface area contributed by atoms with Gasteiger partial charge in [0.25, 0.3) is 5.19 Å². The van der Waals surface area contributed by atoms with Crippen LogP contribution in [0.3, 0.4) is 0 Å². The normalized spacial score (nSPS) is 10.8. The molecule has 0 radical (unpaired) electrons. The van der Waals surface area contributed by atoms with E-state index in [0.717, 1.165) is 26.8 Å². The van der Waals surface area contributed by atoms with E-state index < -0.39 is 0 Å². The highest BCUT2D eigenvalue weighted by Crippen LogP contribution is 2.31. The Bertz CT molecular complexity index is 645. The summed E-state index contributed by atoms with van der Waals surface area (Å²) in [5.74, 6) is 0.844. The van der Waals surface area contributed by atoms with E-state index in [1.54, 1.807) is 11.3 Å². The number of alkyl halides is 1. The Morgan fingerprint density at radius 2 is 1.84 bits per heavy atom.